The van der Waals surface area contributed by atoms with Crippen molar-refractivity contribution in [2.75, 3.05) is 9.80 Å². The maximum Gasteiger partial charge on any atom is 0.252 e. The number of nitrogens with zero attached hydrogens (tertiary/aromatic N) is 2. The van der Waals surface area contributed by atoms with Gasteiger partial charge in [-0.3, -0.25) is 0 Å². The van der Waals surface area contributed by atoms with Crippen molar-refractivity contribution in [2.45, 2.75) is 52.4 Å². The summed E-state index contributed by atoms with van der Waals surface area (Å²) in [4.78, 5) is 5.07. The van der Waals surface area contributed by atoms with E-state index in [1.165, 1.54) is 83.9 Å². The lowest BCUT2D eigenvalue weighted by molar-refractivity contribution is 0.590. The fourth-order valence-electron chi connectivity index (χ4n) is 8.45. The zero-order chi connectivity index (χ0) is 36.5. The topological polar surface area (TPSA) is 6.48 Å². The molecule has 0 spiro atoms. The highest BCUT2D eigenvalue weighted by Crippen LogP contribution is 2.48. The molecular formula is C50H45BN2. The lowest BCUT2D eigenvalue weighted by Crippen LogP contribution is -2.61. The van der Waals surface area contributed by atoms with Gasteiger partial charge in [0, 0.05) is 33.9 Å². The second-order valence-electron chi connectivity index (χ2n) is 16.6. The normalized spacial score (nSPS) is 13.4. The van der Waals surface area contributed by atoms with Crippen LogP contribution >= 0.6 is 0 Å². The van der Waals surface area contributed by atoms with Crippen LogP contribution in [0.15, 0.2) is 164 Å². The van der Waals surface area contributed by atoms with E-state index in [0.717, 1.165) is 0 Å². The van der Waals surface area contributed by atoms with E-state index >= 15 is 0 Å². The Bertz CT molecular complexity index is 2320. The predicted octanol–water partition coefficient (Wildman–Crippen LogP) is 11.7. The minimum Gasteiger partial charge on any atom is -0.311 e. The fraction of sp³-hybridized carbons (Fsp3) is 0.160. The molecule has 2 heterocycles. The van der Waals surface area contributed by atoms with Gasteiger partial charge in [0.05, 0.1) is 11.4 Å². The van der Waals surface area contributed by atoms with Crippen LogP contribution in [-0.2, 0) is 10.8 Å². The van der Waals surface area contributed by atoms with E-state index in [-0.39, 0.29) is 17.5 Å². The van der Waals surface area contributed by atoms with Gasteiger partial charge in [-0.2, -0.15) is 0 Å². The third-order valence-electron chi connectivity index (χ3n) is 11.2. The van der Waals surface area contributed by atoms with Gasteiger partial charge in [0.25, 0.3) is 6.71 Å². The van der Waals surface area contributed by atoms with Gasteiger partial charge in [-0.1, -0.05) is 157 Å². The maximum atomic E-state index is 2.53. The molecule has 7 aromatic carbocycles. The molecule has 0 atom stereocenters. The van der Waals surface area contributed by atoms with Crippen LogP contribution in [-0.4, -0.2) is 6.71 Å². The van der Waals surface area contributed by atoms with Crippen molar-refractivity contribution in [3.63, 3.8) is 0 Å². The standard InChI is InChI=1S/C50H45BN2/c1-49(2,3)36-28-30-42(38(32-36)34-18-9-7-10-19-34)52-44-24-15-13-22-40(44)51-41-23-14-16-25-45(41)53(47-27-17-26-46(52)48(47)51)43-31-29-37(50(4,5)6)33-39(43)35-20-11-8-12-21-35/h7-33H,1-6H3. The zero-order valence-electron chi connectivity index (χ0n) is 31.6. The molecule has 0 bridgehead atoms. The molecule has 3 heteroatoms. The van der Waals surface area contributed by atoms with Crippen LogP contribution < -0.4 is 26.2 Å². The first-order chi connectivity index (χ1) is 25.6. The molecule has 0 aliphatic carbocycles. The van der Waals surface area contributed by atoms with Gasteiger partial charge in [0.1, 0.15) is 0 Å². The van der Waals surface area contributed by atoms with Crippen LogP contribution in [0.4, 0.5) is 34.1 Å². The molecule has 0 amide bonds. The highest BCUT2D eigenvalue weighted by molar-refractivity contribution is 7.00. The van der Waals surface area contributed by atoms with E-state index in [4.69, 9.17) is 0 Å². The highest BCUT2D eigenvalue weighted by Gasteiger charge is 2.43. The Labute approximate surface area is 315 Å². The van der Waals surface area contributed by atoms with E-state index in [1.807, 2.05) is 0 Å². The van der Waals surface area contributed by atoms with Crippen LogP contribution in [0.2, 0.25) is 0 Å². The number of anilines is 6. The van der Waals surface area contributed by atoms with Gasteiger partial charge in [-0.25, -0.2) is 0 Å². The first kappa shape index (κ1) is 33.1. The van der Waals surface area contributed by atoms with Crippen molar-refractivity contribution in [1.82, 2.24) is 0 Å². The summed E-state index contributed by atoms with van der Waals surface area (Å²) in [7, 11) is 0. The molecule has 258 valence electrons. The Morgan fingerprint density at radius 3 is 1.15 bits per heavy atom. The van der Waals surface area contributed by atoms with Crippen molar-refractivity contribution in [3.8, 4) is 22.3 Å². The highest BCUT2D eigenvalue weighted by atomic mass is 15.2. The van der Waals surface area contributed by atoms with E-state index in [2.05, 4.69) is 215 Å². The molecule has 0 saturated heterocycles. The molecular weight excluding hydrogens is 639 g/mol. The quantitative estimate of drug-likeness (QED) is 0.170. The summed E-state index contributed by atoms with van der Waals surface area (Å²) in [6, 6.07) is 61.0. The Morgan fingerprint density at radius 1 is 0.358 bits per heavy atom. The number of para-hydroxylation sites is 2. The third-order valence-corrected chi connectivity index (χ3v) is 11.2. The van der Waals surface area contributed by atoms with E-state index in [1.54, 1.807) is 0 Å². The summed E-state index contributed by atoms with van der Waals surface area (Å²) in [6.45, 7) is 13.9. The zero-order valence-corrected chi connectivity index (χ0v) is 31.6. The summed E-state index contributed by atoms with van der Waals surface area (Å²) in [5.41, 5.74) is 18.9. The molecule has 7 aromatic rings. The van der Waals surface area contributed by atoms with E-state index in [0.29, 0.717) is 0 Å². The smallest absolute Gasteiger partial charge is 0.252 e. The summed E-state index contributed by atoms with van der Waals surface area (Å²) >= 11 is 0. The van der Waals surface area contributed by atoms with Crippen LogP contribution in [0, 0.1) is 0 Å². The molecule has 9 rings (SSSR count). The number of benzene rings is 7. The monoisotopic (exact) mass is 684 g/mol. The van der Waals surface area contributed by atoms with Gasteiger partial charge in [-0.15, -0.1) is 0 Å². The molecule has 0 radical (unpaired) electrons. The lowest BCUT2D eigenvalue weighted by atomic mass is 9.33. The summed E-state index contributed by atoms with van der Waals surface area (Å²) < 4.78 is 0. The molecule has 2 aliphatic heterocycles. The minimum atomic E-state index is 0.0160. The average molecular weight is 685 g/mol. The average Bonchev–Trinajstić information content (AvgIpc) is 3.17. The second kappa shape index (κ2) is 12.4. The second-order valence-corrected chi connectivity index (χ2v) is 16.6. The molecule has 0 saturated carbocycles. The van der Waals surface area contributed by atoms with Crippen molar-refractivity contribution < 1.29 is 0 Å². The molecule has 2 aliphatic rings. The van der Waals surface area contributed by atoms with Crippen LogP contribution in [0.5, 0.6) is 0 Å². The van der Waals surface area contributed by atoms with E-state index < -0.39 is 0 Å². The fourth-order valence-corrected chi connectivity index (χ4v) is 8.45. The molecule has 53 heavy (non-hydrogen) atoms. The van der Waals surface area contributed by atoms with Crippen LogP contribution in [0.3, 0.4) is 0 Å². The summed E-state index contributed by atoms with van der Waals surface area (Å²) in [5.74, 6) is 0. The lowest BCUT2D eigenvalue weighted by Gasteiger charge is -2.44. The molecule has 2 nitrogen and oxygen atoms in total. The number of hydrogen-bond acceptors (Lipinski definition) is 2. The Hall–Kier alpha value is -5.80. The number of fused-ring (bicyclic) bond motifs is 4. The Kier molecular flexibility index (Phi) is 7.75. The first-order valence-corrected chi connectivity index (χ1v) is 18.9. The number of hydrogen-bond donors (Lipinski definition) is 0. The minimum absolute atomic E-state index is 0.0160. The van der Waals surface area contributed by atoms with Crippen molar-refractivity contribution >= 4 is 57.2 Å². The van der Waals surface area contributed by atoms with Crippen LogP contribution in [0.1, 0.15) is 52.7 Å². The third kappa shape index (κ3) is 5.49. The van der Waals surface area contributed by atoms with Gasteiger partial charge in [0.2, 0.25) is 0 Å². The summed E-state index contributed by atoms with van der Waals surface area (Å²) in [6.07, 6.45) is 0. The Balaban J connectivity index is 1.34. The van der Waals surface area contributed by atoms with E-state index in [9.17, 15) is 0 Å². The van der Waals surface area contributed by atoms with Crippen molar-refractivity contribution in [2.24, 2.45) is 0 Å². The first-order valence-electron chi connectivity index (χ1n) is 18.9. The molecule has 0 aromatic heterocycles. The number of rotatable bonds is 4. The summed E-state index contributed by atoms with van der Waals surface area (Å²) in [5, 5.41) is 0. The van der Waals surface area contributed by atoms with Gasteiger partial charge in [-0.05, 0) is 98.0 Å². The van der Waals surface area contributed by atoms with Gasteiger partial charge in [0.15, 0.2) is 0 Å². The Morgan fingerprint density at radius 2 is 0.736 bits per heavy atom. The molecule has 0 fully saturated rings. The van der Waals surface area contributed by atoms with Crippen molar-refractivity contribution in [1.29, 1.82) is 0 Å². The van der Waals surface area contributed by atoms with Gasteiger partial charge >= 0.3 is 0 Å². The largest absolute Gasteiger partial charge is 0.311 e. The SMILES string of the molecule is CC(C)(C)c1ccc(N2c3ccccc3B3c4ccccc4N(c4ccc(C(C)(C)C)cc4-c4ccccc4)c4cccc2c43)c(-c2ccccc2)c1. The molecule has 0 unspecified atom stereocenters. The maximum absolute atomic E-state index is 2.53. The predicted molar refractivity (Wildman–Crippen MR) is 229 cm³/mol. The van der Waals surface area contributed by atoms with Crippen LogP contribution in [0.25, 0.3) is 22.3 Å². The van der Waals surface area contributed by atoms with Crippen molar-refractivity contribution in [3.05, 3.63) is 175 Å². The van der Waals surface area contributed by atoms with Gasteiger partial charge < -0.3 is 9.80 Å². The molecule has 0 N–H and O–H groups in total.